The molecule has 2 aromatic carbocycles. The number of hydrogen-bond donors (Lipinski definition) is 2. The van der Waals surface area contributed by atoms with E-state index in [0.29, 0.717) is 0 Å². The van der Waals surface area contributed by atoms with Gasteiger partial charge in [-0.05, 0) is 30.2 Å². The number of ether oxygens (including phenoxy) is 1. The van der Waals surface area contributed by atoms with E-state index in [4.69, 9.17) is 4.74 Å². The van der Waals surface area contributed by atoms with Gasteiger partial charge in [-0.15, -0.1) is 0 Å². The average molecular weight is 348 g/mol. The first kappa shape index (κ1) is 18.5. The molecule has 0 aliphatic carbocycles. The summed E-state index contributed by atoms with van der Waals surface area (Å²) in [6.45, 7) is 1.96. The van der Waals surface area contributed by atoms with Gasteiger partial charge in [-0.2, -0.15) is 0 Å². The lowest BCUT2D eigenvalue weighted by molar-refractivity contribution is -0.136. The van der Waals surface area contributed by atoms with Gasteiger partial charge in [0, 0.05) is 19.7 Å². The van der Waals surface area contributed by atoms with Crippen LogP contribution in [-0.4, -0.2) is 25.5 Å². The minimum atomic E-state index is -1.09. The van der Waals surface area contributed by atoms with Crippen molar-refractivity contribution in [2.45, 2.75) is 13.0 Å². The number of rotatable bonds is 5. The van der Waals surface area contributed by atoms with Crippen LogP contribution >= 0.6 is 0 Å². The molecule has 5 nitrogen and oxygen atoms in total. The van der Waals surface area contributed by atoms with Crippen LogP contribution < -0.4 is 10.6 Å². The number of carbonyl (C=O) groups excluding carboxylic acids is 2. The van der Waals surface area contributed by atoms with Gasteiger partial charge in [0.2, 0.25) is 0 Å². The fourth-order valence-electron chi connectivity index (χ4n) is 2.31. The summed E-state index contributed by atoms with van der Waals surface area (Å²) in [4.78, 5) is 23.7. The molecule has 7 heteroatoms. The molecule has 0 unspecified atom stereocenters. The average Bonchev–Trinajstić information content (AvgIpc) is 2.59. The second-order valence-electron chi connectivity index (χ2n) is 5.37. The lowest BCUT2D eigenvalue weighted by Crippen LogP contribution is -2.38. The Kier molecular flexibility index (Phi) is 6.19. The number of amides is 2. The van der Waals surface area contributed by atoms with E-state index in [1.54, 1.807) is 0 Å². The molecule has 132 valence electrons. The van der Waals surface area contributed by atoms with Crippen LogP contribution in [0.2, 0.25) is 0 Å². The van der Waals surface area contributed by atoms with E-state index in [2.05, 4.69) is 5.32 Å². The zero-order valence-corrected chi connectivity index (χ0v) is 13.8. The van der Waals surface area contributed by atoms with Crippen LogP contribution in [0, 0.1) is 18.6 Å². The van der Waals surface area contributed by atoms with Crippen LogP contribution in [-0.2, 0) is 14.3 Å². The third kappa shape index (κ3) is 4.84. The SMILES string of the molecule is CO[C@H](CNC(=O)C(=O)Nc1cc(F)ccc1F)c1ccccc1C. The minimum absolute atomic E-state index is 0.0548. The number of aryl methyl sites for hydroxylation is 1. The van der Waals surface area contributed by atoms with Crippen LogP contribution in [0.5, 0.6) is 0 Å². The molecule has 2 rings (SSSR count). The van der Waals surface area contributed by atoms with E-state index in [9.17, 15) is 18.4 Å². The lowest BCUT2D eigenvalue weighted by atomic mass is 10.0. The number of halogens is 2. The predicted molar refractivity (Wildman–Crippen MR) is 88.9 cm³/mol. The molecule has 0 saturated carbocycles. The van der Waals surface area contributed by atoms with Crippen molar-refractivity contribution in [2.75, 3.05) is 19.0 Å². The summed E-state index contributed by atoms with van der Waals surface area (Å²) < 4.78 is 31.9. The molecule has 0 spiro atoms. The molecule has 0 aromatic heterocycles. The molecule has 1 atom stereocenters. The number of anilines is 1. The highest BCUT2D eigenvalue weighted by Crippen LogP contribution is 2.19. The number of nitrogens with one attached hydrogen (secondary N) is 2. The maximum Gasteiger partial charge on any atom is 0.313 e. The molecule has 25 heavy (non-hydrogen) atoms. The highest BCUT2D eigenvalue weighted by molar-refractivity contribution is 6.39. The van der Waals surface area contributed by atoms with E-state index >= 15 is 0 Å². The van der Waals surface area contributed by atoms with E-state index in [1.807, 2.05) is 36.5 Å². The summed E-state index contributed by atoms with van der Waals surface area (Å²) in [6.07, 6.45) is -0.441. The molecule has 0 fully saturated rings. The second kappa shape index (κ2) is 8.34. The second-order valence-corrected chi connectivity index (χ2v) is 5.37. The number of benzene rings is 2. The molecular weight excluding hydrogens is 330 g/mol. The van der Waals surface area contributed by atoms with E-state index in [-0.39, 0.29) is 6.54 Å². The van der Waals surface area contributed by atoms with Crippen LogP contribution in [0.4, 0.5) is 14.5 Å². The summed E-state index contributed by atoms with van der Waals surface area (Å²) in [5.41, 5.74) is 1.46. The molecule has 0 aliphatic heterocycles. The monoisotopic (exact) mass is 348 g/mol. The third-order valence-corrected chi connectivity index (χ3v) is 3.65. The molecular formula is C18H18F2N2O3. The Morgan fingerprint density at radius 1 is 1.12 bits per heavy atom. The van der Waals surface area contributed by atoms with Gasteiger partial charge in [0.25, 0.3) is 0 Å². The van der Waals surface area contributed by atoms with Gasteiger partial charge < -0.3 is 15.4 Å². The first-order valence-corrected chi connectivity index (χ1v) is 7.55. The van der Waals surface area contributed by atoms with Crippen LogP contribution in [0.15, 0.2) is 42.5 Å². The largest absolute Gasteiger partial charge is 0.375 e. The maximum absolute atomic E-state index is 13.5. The first-order valence-electron chi connectivity index (χ1n) is 7.55. The summed E-state index contributed by atoms with van der Waals surface area (Å²) in [5.74, 6) is -3.63. The van der Waals surface area contributed by atoms with Crippen molar-refractivity contribution in [3.8, 4) is 0 Å². The van der Waals surface area contributed by atoms with Crippen LogP contribution in [0.3, 0.4) is 0 Å². The first-order chi connectivity index (χ1) is 11.9. The summed E-state index contributed by atoms with van der Waals surface area (Å²) in [7, 11) is 1.49. The van der Waals surface area contributed by atoms with Gasteiger partial charge >= 0.3 is 11.8 Å². The Bertz CT molecular complexity index is 781. The van der Waals surface area contributed by atoms with Gasteiger partial charge in [0.1, 0.15) is 11.6 Å². The smallest absolute Gasteiger partial charge is 0.313 e. The molecule has 0 aliphatic rings. The number of carbonyl (C=O) groups is 2. The standard InChI is InChI=1S/C18H18F2N2O3/c1-11-5-3-4-6-13(11)16(25-2)10-21-17(23)18(24)22-15-9-12(19)7-8-14(15)20/h3-9,16H,10H2,1-2H3,(H,21,23)(H,22,24)/t16-/m1/s1. The molecule has 2 aromatic rings. The fraction of sp³-hybridized carbons (Fsp3) is 0.222. The predicted octanol–water partition coefficient (Wildman–Crippen LogP) is 2.72. The van der Waals surface area contributed by atoms with E-state index in [1.165, 1.54) is 7.11 Å². The van der Waals surface area contributed by atoms with Crippen LogP contribution in [0.1, 0.15) is 17.2 Å². The van der Waals surface area contributed by atoms with Crippen molar-refractivity contribution in [1.29, 1.82) is 0 Å². The Labute approximate surface area is 144 Å². The molecule has 0 radical (unpaired) electrons. The third-order valence-electron chi connectivity index (χ3n) is 3.65. The minimum Gasteiger partial charge on any atom is -0.375 e. The van der Waals surface area contributed by atoms with Gasteiger partial charge in [-0.1, -0.05) is 24.3 Å². The Hall–Kier alpha value is -2.80. The van der Waals surface area contributed by atoms with Crippen molar-refractivity contribution in [3.63, 3.8) is 0 Å². The van der Waals surface area contributed by atoms with Gasteiger partial charge in [0.15, 0.2) is 0 Å². The normalized spacial score (nSPS) is 11.7. The van der Waals surface area contributed by atoms with Gasteiger partial charge in [-0.3, -0.25) is 9.59 Å². The van der Waals surface area contributed by atoms with Crippen LogP contribution in [0.25, 0.3) is 0 Å². The molecule has 0 bridgehead atoms. The number of hydrogen-bond acceptors (Lipinski definition) is 3. The summed E-state index contributed by atoms with van der Waals surface area (Å²) >= 11 is 0. The molecule has 2 N–H and O–H groups in total. The topological polar surface area (TPSA) is 67.4 Å². The number of methoxy groups -OCH3 is 1. The van der Waals surface area contributed by atoms with Crippen molar-refractivity contribution in [3.05, 3.63) is 65.2 Å². The fourth-order valence-corrected chi connectivity index (χ4v) is 2.31. The van der Waals surface area contributed by atoms with E-state index < -0.39 is 35.2 Å². The zero-order chi connectivity index (χ0) is 18.4. The highest BCUT2D eigenvalue weighted by atomic mass is 19.1. The summed E-state index contributed by atoms with van der Waals surface area (Å²) in [6, 6.07) is 10.1. The van der Waals surface area contributed by atoms with E-state index in [0.717, 1.165) is 29.3 Å². The summed E-state index contributed by atoms with van der Waals surface area (Å²) in [5, 5.41) is 4.46. The van der Waals surface area contributed by atoms with Gasteiger partial charge in [0.05, 0.1) is 11.8 Å². The maximum atomic E-state index is 13.5. The Balaban J connectivity index is 1.98. The molecule has 0 saturated heterocycles. The van der Waals surface area contributed by atoms with Crippen molar-refractivity contribution in [2.24, 2.45) is 0 Å². The lowest BCUT2D eigenvalue weighted by Gasteiger charge is -2.18. The van der Waals surface area contributed by atoms with Crippen molar-refractivity contribution >= 4 is 17.5 Å². The zero-order valence-electron chi connectivity index (χ0n) is 13.8. The highest BCUT2D eigenvalue weighted by Gasteiger charge is 2.19. The Morgan fingerprint density at radius 3 is 2.52 bits per heavy atom. The van der Waals surface area contributed by atoms with Crippen molar-refractivity contribution in [1.82, 2.24) is 5.32 Å². The van der Waals surface area contributed by atoms with Crippen molar-refractivity contribution < 1.29 is 23.1 Å². The van der Waals surface area contributed by atoms with Gasteiger partial charge in [-0.25, -0.2) is 8.78 Å². The quantitative estimate of drug-likeness (QED) is 0.817. The molecule has 2 amide bonds. The molecule has 0 heterocycles. The Morgan fingerprint density at radius 2 is 1.84 bits per heavy atom.